The van der Waals surface area contributed by atoms with Crippen molar-refractivity contribution in [3.63, 3.8) is 0 Å². The van der Waals surface area contributed by atoms with Crippen LogP contribution in [0.5, 0.6) is 11.5 Å². The number of hydrogen-bond donors (Lipinski definition) is 3. The number of carbonyl (C=O) groups is 1. The standard InChI is InChI=1S/C16H18N2O3/c1-17-16(20)12-5-3-11(4-6-12)10-18-13-7-8-15(21-2)14(19)9-13/h3-9,18-19H,10H2,1-2H3,(H,17,20). The van der Waals surface area contributed by atoms with Crippen molar-refractivity contribution in [2.24, 2.45) is 0 Å². The highest BCUT2D eigenvalue weighted by molar-refractivity contribution is 5.93. The number of phenols is 1. The summed E-state index contributed by atoms with van der Waals surface area (Å²) in [5.74, 6) is 0.433. The Morgan fingerprint density at radius 3 is 2.48 bits per heavy atom. The van der Waals surface area contributed by atoms with E-state index in [-0.39, 0.29) is 11.7 Å². The molecule has 0 aromatic heterocycles. The molecule has 0 spiro atoms. The van der Waals surface area contributed by atoms with Crippen LogP contribution in [0.15, 0.2) is 42.5 Å². The van der Waals surface area contributed by atoms with E-state index in [1.807, 2.05) is 18.2 Å². The van der Waals surface area contributed by atoms with Gasteiger partial charge in [0.25, 0.3) is 5.91 Å². The maximum atomic E-state index is 11.4. The molecule has 0 radical (unpaired) electrons. The minimum atomic E-state index is -0.102. The fourth-order valence-corrected chi connectivity index (χ4v) is 1.92. The zero-order valence-electron chi connectivity index (χ0n) is 12.0. The fraction of sp³-hybridized carbons (Fsp3) is 0.188. The summed E-state index contributed by atoms with van der Waals surface area (Å²) in [6, 6.07) is 12.5. The Morgan fingerprint density at radius 2 is 1.90 bits per heavy atom. The summed E-state index contributed by atoms with van der Waals surface area (Å²) in [5.41, 5.74) is 2.46. The highest BCUT2D eigenvalue weighted by Crippen LogP contribution is 2.28. The number of benzene rings is 2. The highest BCUT2D eigenvalue weighted by Gasteiger charge is 2.04. The van der Waals surface area contributed by atoms with Gasteiger partial charge in [-0.3, -0.25) is 4.79 Å². The van der Waals surface area contributed by atoms with Crippen LogP contribution in [0.2, 0.25) is 0 Å². The van der Waals surface area contributed by atoms with Crippen molar-refractivity contribution < 1.29 is 14.6 Å². The second-order valence-corrected chi connectivity index (χ2v) is 4.52. The van der Waals surface area contributed by atoms with Crippen molar-refractivity contribution in [1.82, 2.24) is 5.32 Å². The van der Waals surface area contributed by atoms with Crippen LogP contribution in [0.3, 0.4) is 0 Å². The van der Waals surface area contributed by atoms with Gasteiger partial charge in [0, 0.05) is 30.9 Å². The zero-order chi connectivity index (χ0) is 15.2. The molecule has 0 aliphatic heterocycles. The van der Waals surface area contributed by atoms with E-state index in [0.717, 1.165) is 11.3 Å². The number of ether oxygens (including phenoxy) is 1. The number of aromatic hydroxyl groups is 1. The largest absolute Gasteiger partial charge is 0.504 e. The van der Waals surface area contributed by atoms with Crippen LogP contribution in [0.25, 0.3) is 0 Å². The molecule has 0 atom stereocenters. The van der Waals surface area contributed by atoms with Crippen LogP contribution in [0, 0.1) is 0 Å². The number of hydrogen-bond acceptors (Lipinski definition) is 4. The van der Waals surface area contributed by atoms with E-state index in [1.54, 1.807) is 31.3 Å². The molecule has 0 fully saturated rings. The lowest BCUT2D eigenvalue weighted by atomic mass is 10.1. The van der Waals surface area contributed by atoms with E-state index in [1.165, 1.54) is 7.11 Å². The molecule has 5 nitrogen and oxygen atoms in total. The molecule has 0 unspecified atom stereocenters. The third-order valence-corrected chi connectivity index (χ3v) is 3.12. The summed E-state index contributed by atoms with van der Waals surface area (Å²) in [6.07, 6.45) is 0. The summed E-state index contributed by atoms with van der Waals surface area (Å²) < 4.78 is 4.99. The van der Waals surface area contributed by atoms with E-state index < -0.39 is 0 Å². The lowest BCUT2D eigenvalue weighted by Gasteiger charge is -2.09. The van der Waals surface area contributed by atoms with Crippen LogP contribution >= 0.6 is 0 Å². The van der Waals surface area contributed by atoms with Gasteiger partial charge in [-0.2, -0.15) is 0 Å². The quantitative estimate of drug-likeness (QED) is 0.789. The van der Waals surface area contributed by atoms with Gasteiger partial charge in [-0.25, -0.2) is 0 Å². The first-order valence-electron chi connectivity index (χ1n) is 6.56. The third-order valence-electron chi connectivity index (χ3n) is 3.12. The molecular weight excluding hydrogens is 268 g/mol. The molecule has 21 heavy (non-hydrogen) atoms. The Bertz CT molecular complexity index is 624. The van der Waals surface area contributed by atoms with E-state index in [2.05, 4.69) is 10.6 Å². The van der Waals surface area contributed by atoms with E-state index in [0.29, 0.717) is 17.9 Å². The average molecular weight is 286 g/mol. The van der Waals surface area contributed by atoms with Crippen LogP contribution in [0.1, 0.15) is 15.9 Å². The molecule has 5 heteroatoms. The predicted octanol–water partition coefficient (Wildman–Crippen LogP) is 2.37. The maximum absolute atomic E-state index is 11.4. The number of carbonyl (C=O) groups excluding carboxylic acids is 1. The number of phenolic OH excluding ortho intramolecular Hbond substituents is 1. The van der Waals surface area contributed by atoms with E-state index >= 15 is 0 Å². The van der Waals surface area contributed by atoms with Crippen LogP contribution in [0.4, 0.5) is 5.69 Å². The number of nitrogens with one attached hydrogen (secondary N) is 2. The monoisotopic (exact) mass is 286 g/mol. The Hall–Kier alpha value is -2.69. The Kier molecular flexibility index (Phi) is 4.66. The maximum Gasteiger partial charge on any atom is 0.251 e. The first kappa shape index (κ1) is 14.7. The van der Waals surface area contributed by atoms with Crippen LogP contribution in [-0.4, -0.2) is 25.2 Å². The molecule has 2 aromatic carbocycles. The van der Waals surface area contributed by atoms with E-state index in [4.69, 9.17) is 4.74 Å². The van der Waals surface area contributed by atoms with Gasteiger partial charge < -0.3 is 20.5 Å². The van der Waals surface area contributed by atoms with Crippen molar-refractivity contribution in [3.05, 3.63) is 53.6 Å². The molecule has 0 aliphatic rings. The van der Waals surface area contributed by atoms with Crippen molar-refractivity contribution in [2.75, 3.05) is 19.5 Å². The van der Waals surface area contributed by atoms with Crippen molar-refractivity contribution >= 4 is 11.6 Å². The number of amides is 1. The summed E-state index contributed by atoms with van der Waals surface area (Å²) >= 11 is 0. The molecule has 0 saturated heterocycles. The molecule has 2 rings (SSSR count). The first-order valence-corrected chi connectivity index (χ1v) is 6.56. The summed E-state index contributed by atoms with van der Waals surface area (Å²) in [4.78, 5) is 11.4. The first-order chi connectivity index (χ1) is 10.1. The molecule has 0 aliphatic carbocycles. The van der Waals surface area contributed by atoms with Gasteiger partial charge in [0.05, 0.1) is 7.11 Å². The third kappa shape index (κ3) is 3.66. The Balaban J connectivity index is 1.99. The zero-order valence-corrected chi connectivity index (χ0v) is 12.0. The smallest absolute Gasteiger partial charge is 0.251 e. The second kappa shape index (κ2) is 6.65. The van der Waals surface area contributed by atoms with Crippen molar-refractivity contribution in [1.29, 1.82) is 0 Å². The molecule has 0 heterocycles. The van der Waals surface area contributed by atoms with Gasteiger partial charge >= 0.3 is 0 Å². The topological polar surface area (TPSA) is 70.6 Å². The fourth-order valence-electron chi connectivity index (χ4n) is 1.92. The molecule has 0 bridgehead atoms. The summed E-state index contributed by atoms with van der Waals surface area (Å²) in [7, 11) is 3.12. The van der Waals surface area contributed by atoms with Gasteiger partial charge in [0.1, 0.15) is 0 Å². The lowest BCUT2D eigenvalue weighted by molar-refractivity contribution is 0.0963. The van der Waals surface area contributed by atoms with Gasteiger partial charge in [-0.1, -0.05) is 12.1 Å². The summed E-state index contributed by atoms with van der Waals surface area (Å²) in [5, 5.41) is 15.5. The minimum absolute atomic E-state index is 0.0949. The number of methoxy groups -OCH3 is 1. The van der Waals surface area contributed by atoms with Crippen LogP contribution < -0.4 is 15.4 Å². The van der Waals surface area contributed by atoms with Crippen molar-refractivity contribution in [3.8, 4) is 11.5 Å². The van der Waals surface area contributed by atoms with E-state index in [9.17, 15) is 9.90 Å². The normalized spacial score (nSPS) is 10.0. The predicted molar refractivity (Wildman–Crippen MR) is 81.8 cm³/mol. The number of rotatable bonds is 5. The number of anilines is 1. The molecule has 110 valence electrons. The molecule has 2 aromatic rings. The summed E-state index contributed by atoms with van der Waals surface area (Å²) in [6.45, 7) is 0.597. The Morgan fingerprint density at radius 1 is 1.19 bits per heavy atom. The van der Waals surface area contributed by atoms with Crippen LogP contribution in [-0.2, 0) is 6.54 Å². The average Bonchev–Trinajstić information content (AvgIpc) is 2.52. The van der Waals surface area contributed by atoms with Gasteiger partial charge in [0.15, 0.2) is 11.5 Å². The molecule has 1 amide bonds. The van der Waals surface area contributed by atoms with Gasteiger partial charge in [-0.05, 0) is 29.8 Å². The highest BCUT2D eigenvalue weighted by atomic mass is 16.5. The Labute approximate surface area is 123 Å². The van der Waals surface area contributed by atoms with Crippen molar-refractivity contribution in [2.45, 2.75) is 6.54 Å². The molecular formula is C16H18N2O3. The second-order valence-electron chi connectivity index (χ2n) is 4.52. The molecule has 0 saturated carbocycles. The minimum Gasteiger partial charge on any atom is -0.504 e. The van der Waals surface area contributed by atoms with Gasteiger partial charge in [0.2, 0.25) is 0 Å². The van der Waals surface area contributed by atoms with Gasteiger partial charge in [-0.15, -0.1) is 0 Å². The lowest BCUT2D eigenvalue weighted by Crippen LogP contribution is -2.17. The SMILES string of the molecule is CNC(=O)c1ccc(CNc2ccc(OC)c(O)c2)cc1. The molecule has 3 N–H and O–H groups in total.